The first kappa shape index (κ1) is 16.8. The lowest BCUT2D eigenvalue weighted by Gasteiger charge is -2.12. The lowest BCUT2D eigenvalue weighted by atomic mass is 10.2. The van der Waals surface area contributed by atoms with Gasteiger partial charge in [-0.15, -0.1) is 0 Å². The van der Waals surface area contributed by atoms with Gasteiger partial charge >= 0.3 is 0 Å². The van der Waals surface area contributed by atoms with Gasteiger partial charge in [0.25, 0.3) is 5.91 Å². The minimum absolute atomic E-state index is 0.284. The summed E-state index contributed by atoms with van der Waals surface area (Å²) in [5.41, 5.74) is 2.42. The molecule has 3 rings (SSSR count). The first-order valence-electron chi connectivity index (χ1n) is 7.59. The fourth-order valence-electron chi connectivity index (χ4n) is 2.28. The van der Waals surface area contributed by atoms with Gasteiger partial charge in [0.05, 0.1) is 12.8 Å². The van der Waals surface area contributed by atoms with Crippen LogP contribution >= 0.6 is 11.6 Å². The van der Waals surface area contributed by atoms with Crippen LogP contribution in [0.5, 0.6) is 5.75 Å². The molecule has 6 heteroatoms. The number of rotatable bonds is 5. The number of aromatic nitrogens is 1. The van der Waals surface area contributed by atoms with Crippen molar-refractivity contribution in [1.82, 2.24) is 4.98 Å². The van der Waals surface area contributed by atoms with Crippen LogP contribution in [0.25, 0.3) is 0 Å². The van der Waals surface area contributed by atoms with Crippen molar-refractivity contribution in [2.75, 3.05) is 17.7 Å². The highest BCUT2D eigenvalue weighted by Gasteiger charge is 2.10. The minimum Gasteiger partial charge on any atom is -0.495 e. The quantitative estimate of drug-likeness (QED) is 0.695. The van der Waals surface area contributed by atoms with Gasteiger partial charge in [-0.3, -0.25) is 9.78 Å². The van der Waals surface area contributed by atoms with Crippen molar-refractivity contribution in [3.8, 4) is 5.75 Å². The van der Waals surface area contributed by atoms with E-state index < -0.39 is 0 Å². The summed E-state index contributed by atoms with van der Waals surface area (Å²) in [6.07, 6.45) is 1.57. The van der Waals surface area contributed by atoms with E-state index >= 15 is 0 Å². The number of amides is 1. The van der Waals surface area contributed by atoms with Crippen LogP contribution in [0.1, 0.15) is 10.5 Å². The van der Waals surface area contributed by atoms with Gasteiger partial charge in [-0.25, -0.2) is 0 Å². The summed E-state index contributed by atoms with van der Waals surface area (Å²) in [7, 11) is 1.58. The summed E-state index contributed by atoms with van der Waals surface area (Å²) in [6, 6.07) is 17.9. The zero-order valence-corrected chi connectivity index (χ0v) is 14.2. The number of benzene rings is 2. The van der Waals surface area contributed by atoms with Crippen molar-refractivity contribution in [3.63, 3.8) is 0 Å². The van der Waals surface area contributed by atoms with Crippen LogP contribution in [-0.2, 0) is 0 Å². The number of ether oxygens (including phenoxy) is 1. The number of nitrogens with one attached hydrogen (secondary N) is 2. The van der Waals surface area contributed by atoms with Crippen LogP contribution in [0.4, 0.5) is 17.1 Å². The second-order valence-corrected chi connectivity index (χ2v) is 5.66. The van der Waals surface area contributed by atoms with Crippen LogP contribution in [0.2, 0.25) is 5.02 Å². The van der Waals surface area contributed by atoms with Crippen molar-refractivity contribution >= 4 is 34.6 Å². The van der Waals surface area contributed by atoms with E-state index in [-0.39, 0.29) is 5.91 Å². The van der Waals surface area contributed by atoms with E-state index in [4.69, 9.17) is 16.3 Å². The molecule has 1 heterocycles. The first-order valence-corrected chi connectivity index (χ1v) is 7.96. The molecular weight excluding hydrogens is 338 g/mol. The zero-order chi connectivity index (χ0) is 17.6. The van der Waals surface area contributed by atoms with E-state index in [1.54, 1.807) is 43.6 Å². The second kappa shape index (κ2) is 7.68. The fourth-order valence-corrected chi connectivity index (χ4v) is 2.45. The Balaban J connectivity index is 1.80. The van der Waals surface area contributed by atoms with Gasteiger partial charge < -0.3 is 15.4 Å². The van der Waals surface area contributed by atoms with Gasteiger partial charge in [-0.2, -0.15) is 0 Å². The van der Waals surface area contributed by atoms with E-state index in [0.717, 1.165) is 0 Å². The van der Waals surface area contributed by atoms with Gasteiger partial charge in [0.1, 0.15) is 11.4 Å². The number of halogens is 1. The Kier molecular flexibility index (Phi) is 5.16. The van der Waals surface area contributed by atoms with Crippen molar-refractivity contribution in [2.45, 2.75) is 0 Å². The highest BCUT2D eigenvalue weighted by atomic mass is 35.5. The summed E-state index contributed by atoms with van der Waals surface area (Å²) in [5.74, 6) is 0.365. The maximum absolute atomic E-state index is 12.3. The molecule has 3 aromatic rings. The molecule has 1 aromatic heterocycles. The Bertz CT molecular complexity index is 885. The number of pyridine rings is 1. The van der Waals surface area contributed by atoms with Gasteiger partial charge in [0.15, 0.2) is 0 Å². The molecule has 126 valence electrons. The maximum Gasteiger partial charge on any atom is 0.274 e. The first-order chi connectivity index (χ1) is 12.2. The highest BCUT2D eigenvalue weighted by molar-refractivity contribution is 6.31. The fraction of sp³-hybridized carbons (Fsp3) is 0.0526. The average molecular weight is 354 g/mol. The lowest BCUT2D eigenvalue weighted by Crippen LogP contribution is -2.13. The van der Waals surface area contributed by atoms with E-state index in [1.165, 1.54) is 0 Å². The molecule has 0 bridgehead atoms. The summed E-state index contributed by atoms with van der Waals surface area (Å²) < 4.78 is 5.31. The van der Waals surface area contributed by atoms with E-state index in [1.807, 2.05) is 30.3 Å². The molecule has 25 heavy (non-hydrogen) atoms. The molecule has 1 amide bonds. The standard InChI is InChI=1S/C19H16ClN3O2/c1-25-18-8-7-13(20)11-16(18)22-15-9-10-21-17(12-15)19(24)23-14-5-3-2-4-6-14/h2-12H,1H3,(H,21,22)(H,23,24). The summed E-state index contributed by atoms with van der Waals surface area (Å²) in [6.45, 7) is 0. The lowest BCUT2D eigenvalue weighted by molar-refractivity contribution is 0.102. The van der Waals surface area contributed by atoms with Gasteiger partial charge in [-0.1, -0.05) is 29.8 Å². The molecule has 5 nitrogen and oxygen atoms in total. The maximum atomic E-state index is 12.3. The Labute approximate surface area is 150 Å². The number of carbonyl (C=O) groups excluding carboxylic acids is 1. The molecule has 0 unspecified atom stereocenters. The van der Waals surface area contributed by atoms with Crippen LogP contribution in [0.3, 0.4) is 0 Å². The minimum atomic E-state index is -0.284. The molecule has 0 aliphatic heterocycles. The number of nitrogens with zero attached hydrogens (tertiary/aromatic N) is 1. The molecule has 0 radical (unpaired) electrons. The molecule has 0 spiro atoms. The van der Waals surface area contributed by atoms with Crippen molar-refractivity contribution in [2.24, 2.45) is 0 Å². The van der Waals surface area contributed by atoms with Crippen LogP contribution in [0.15, 0.2) is 66.9 Å². The summed E-state index contributed by atoms with van der Waals surface area (Å²) in [5, 5.41) is 6.58. The number of hydrogen-bond acceptors (Lipinski definition) is 4. The molecule has 2 aromatic carbocycles. The molecule has 0 saturated heterocycles. The topological polar surface area (TPSA) is 63.2 Å². The zero-order valence-electron chi connectivity index (χ0n) is 13.5. The Morgan fingerprint density at radius 2 is 1.84 bits per heavy atom. The third kappa shape index (κ3) is 4.28. The Morgan fingerprint density at radius 3 is 2.60 bits per heavy atom. The van der Waals surface area contributed by atoms with E-state index in [2.05, 4.69) is 15.6 Å². The number of carbonyl (C=O) groups is 1. The predicted molar refractivity (Wildman–Crippen MR) is 99.9 cm³/mol. The molecule has 0 saturated carbocycles. The smallest absolute Gasteiger partial charge is 0.274 e. The number of anilines is 3. The van der Waals surface area contributed by atoms with Crippen molar-refractivity contribution in [1.29, 1.82) is 0 Å². The van der Waals surface area contributed by atoms with Gasteiger partial charge in [-0.05, 0) is 42.5 Å². The van der Waals surface area contributed by atoms with Crippen LogP contribution < -0.4 is 15.4 Å². The molecule has 0 aliphatic carbocycles. The Hall–Kier alpha value is -3.05. The van der Waals surface area contributed by atoms with Gasteiger partial charge in [0, 0.05) is 22.6 Å². The molecular formula is C19H16ClN3O2. The molecule has 0 aliphatic rings. The molecule has 2 N–H and O–H groups in total. The summed E-state index contributed by atoms with van der Waals surface area (Å²) in [4.78, 5) is 16.5. The van der Waals surface area contributed by atoms with Gasteiger partial charge in [0.2, 0.25) is 0 Å². The SMILES string of the molecule is COc1ccc(Cl)cc1Nc1ccnc(C(=O)Nc2ccccc2)c1. The number of hydrogen-bond donors (Lipinski definition) is 2. The highest BCUT2D eigenvalue weighted by Crippen LogP contribution is 2.30. The monoisotopic (exact) mass is 353 g/mol. The third-order valence-electron chi connectivity index (χ3n) is 3.46. The predicted octanol–water partition coefficient (Wildman–Crippen LogP) is 4.74. The normalized spacial score (nSPS) is 10.2. The van der Waals surface area contributed by atoms with Crippen molar-refractivity contribution < 1.29 is 9.53 Å². The average Bonchev–Trinajstić information content (AvgIpc) is 2.63. The third-order valence-corrected chi connectivity index (χ3v) is 3.70. The molecule has 0 atom stereocenters. The number of para-hydroxylation sites is 1. The second-order valence-electron chi connectivity index (χ2n) is 5.22. The number of methoxy groups -OCH3 is 1. The van der Waals surface area contributed by atoms with Crippen LogP contribution in [0, 0.1) is 0 Å². The van der Waals surface area contributed by atoms with Crippen molar-refractivity contribution in [3.05, 3.63) is 77.6 Å². The van der Waals surface area contributed by atoms with E-state index in [9.17, 15) is 4.79 Å². The van der Waals surface area contributed by atoms with E-state index in [0.29, 0.717) is 33.5 Å². The Morgan fingerprint density at radius 1 is 1.04 bits per heavy atom. The molecule has 0 fully saturated rings. The van der Waals surface area contributed by atoms with Crippen LogP contribution in [-0.4, -0.2) is 18.0 Å². The summed E-state index contributed by atoms with van der Waals surface area (Å²) >= 11 is 6.04. The largest absolute Gasteiger partial charge is 0.495 e.